The maximum atomic E-state index is 9.31. The third-order valence-electron chi connectivity index (χ3n) is 3.51. The lowest BCUT2D eigenvalue weighted by Gasteiger charge is -2.18. The maximum Gasteiger partial charge on any atom is 0.0693 e. The number of nitriles is 1. The van der Waals surface area contributed by atoms with Gasteiger partial charge in [0.2, 0.25) is 0 Å². The highest BCUT2D eigenvalue weighted by Gasteiger charge is 2.34. The van der Waals surface area contributed by atoms with Gasteiger partial charge in [-0.15, -0.1) is 0 Å². The van der Waals surface area contributed by atoms with Crippen LogP contribution in [0.25, 0.3) is 0 Å². The van der Waals surface area contributed by atoms with Crippen LogP contribution in [0.4, 0.5) is 0 Å². The van der Waals surface area contributed by atoms with Crippen molar-refractivity contribution in [3.8, 4) is 6.07 Å². The number of aromatic nitrogens is 2. The van der Waals surface area contributed by atoms with Crippen molar-refractivity contribution in [2.75, 3.05) is 0 Å². The summed E-state index contributed by atoms with van der Waals surface area (Å²) in [6.45, 7) is 4.23. The molecule has 3 nitrogen and oxygen atoms in total. The molecule has 2 rings (SSSR count). The van der Waals surface area contributed by atoms with Crippen LogP contribution in [0.1, 0.15) is 51.3 Å². The first-order valence-corrected chi connectivity index (χ1v) is 6.10. The van der Waals surface area contributed by atoms with Crippen LogP contribution in [0.2, 0.25) is 0 Å². The number of hydrogen-bond acceptors (Lipinski definition) is 2. The van der Waals surface area contributed by atoms with E-state index in [4.69, 9.17) is 0 Å². The second-order valence-corrected chi connectivity index (χ2v) is 5.16. The van der Waals surface area contributed by atoms with Gasteiger partial charge in [-0.1, -0.05) is 12.8 Å². The highest BCUT2D eigenvalue weighted by atomic mass is 15.3. The minimum absolute atomic E-state index is 0.129. The lowest BCUT2D eigenvalue weighted by molar-refractivity contribution is 0.398. The Morgan fingerprint density at radius 3 is 2.69 bits per heavy atom. The topological polar surface area (TPSA) is 41.6 Å². The maximum absolute atomic E-state index is 9.31. The van der Waals surface area contributed by atoms with E-state index in [9.17, 15) is 5.26 Å². The van der Waals surface area contributed by atoms with Gasteiger partial charge in [-0.3, -0.25) is 4.68 Å². The van der Waals surface area contributed by atoms with Crippen molar-refractivity contribution in [1.29, 1.82) is 5.26 Å². The van der Waals surface area contributed by atoms with Gasteiger partial charge in [-0.2, -0.15) is 10.4 Å². The molecule has 1 heterocycles. The fourth-order valence-corrected chi connectivity index (χ4v) is 2.49. The Kier molecular flexibility index (Phi) is 3.00. The number of rotatable bonds is 3. The number of nitrogens with zero attached hydrogens (tertiary/aromatic N) is 3. The summed E-state index contributed by atoms with van der Waals surface area (Å²) < 4.78 is 1.97. The molecule has 1 aliphatic rings. The summed E-state index contributed by atoms with van der Waals surface area (Å²) in [5, 5.41) is 13.8. The Morgan fingerprint density at radius 1 is 1.50 bits per heavy atom. The Morgan fingerprint density at radius 2 is 2.19 bits per heavy atom. The lowest BCUT2D eigenvalue weighted by Crippen LogP contribution is -2.17. The zero-order chi connectivity index (χ0) is 11.6. The molecule has 0 atom stereocenters. The zero-order valence-corrected chi connectivity index (χ0v) is 10.1. The molecule has 16 heavy (non-hydrogen) atoms. The second-order valence-electron chi connectivity index (χ2n) is 5.16. The van der Waals surface area contributed by atoms with Gasteiger partial charge in [-0.05, 0) is 32.8 Å². The first-order valence-electron chi connectivity index (χ1n) is 6.10. The van der Waals surface area contributed by atoms with E-state index >= 15 is 0 Å². The quantitative estimate of drug-likeness (QED) is 0.780. The molecule has 0 aromatic carbocycles. The van der Waals surface area contributed by atoms with Crippen molar-refractivity contribution in [3.63, 3.8) is 0 Å². The molecule has 0 unspecified atom stereocenters. The molecule has 0 aliphatic heterocycles. The Balaban J connectivity index is 2.11. The van der Waals surface area contributed by atoms with Gasteiger partial charge >= 0.3 is 0 Å². The highest BCUT2D eigenvalue weighted by molar-refractivity contribution is 5.11. The van der Waals surface area contributed by atoms with E-state index in [1.54, 1.807) is 0 Å². The van der Waals surface area contributed by atoms with Crippen LogP contribution in [0.15, 0.2) is 12.3 Å². The SMILES string of the molecule is CC(C)n1ccc(CC2(C#N)CCCC2)n1. The van der Waals surface area contributed by atoms with Crippen molar-refractivity contribution >= 4 is 0 Å². The summed E-state index contributed by atoms with van der Waals surface area (Å²) in [6.07, 6.45) is 7.30. The second kappa shape index (κ2) is 4.29. The largest absolute Gasteiger partial charge is 0.270 e. The predicted molar refractivity (Wildman–Crippen MR) is 62.8 cm³/mol. The van der Waals surface area contributed by atoms with Crippen LogP contribution >= 0.6 is 0 Å². The molecule has 0 N–H and O–H groups in total. The van der Waals surface area contributed by atoms with Crippen LogP contribution in [0, 0.1) is 16.7 Å². The summed E-state index contributed by atoms with van der Waals surface area (Å²) in [5.41, 5.74) is 0.938. The Labute approximate surface area is 97.1 Å². The molecule has 1 fully saturated rings. The fraction of sp³-hybridized carbons (Fsp3) is 0.692. The van der Waals surface area contributed by atoms with Crippen molar-refractivity contribution in [2.24, 2.45) is 5.41 Å². The minimum atomic E-state index is -0.129. The molecule has 0 bridgehead atoms. The van der Waals surface area contributed by atoms with E-state index in [0.29, 0.717) is 6.04 Å². The third kappa shape index (κ3) is 2.11. The molecule has 1 aliphatic carbocycles. The molecule has 1 saturated carbocycles. The smallest absolute Gasteiger partial charge is 0.0693 e. The first kappa shape index (κ1) is 11.2. The van der Waals surface area contributed by atoms with Crippen LogP contribution in [0.5, 0.6) is 0 Å². The molecule has 1 aromatic rings. The molecular weight excluding hydrogens is 198 g/mol. The van der Waals surface area contributed by atoms with Crippen LogP contribution in [-0.4, -0.2) is 9.78 Å². The van der Waals surface area contributed by atoms with Gasteiger partial charge in [0.25, 0.3) is 0 Å². The first-order chi connectivity index (χ1) is 7.65. The molecule has 3 heteroatoms. The monoisotopic (exact) mass is 217 g/mol. The predicted octanol–water partition coefficient (Wildman–Crippen LogP) is 3.09. The molecular formula is C13H19N3. The zero-order valence-electron chi connectivity index (χ0n) is 10.1. The van der Waals surface area contributed by atoms with Crippen molar-refractivity contribution in [3.05, 3.63) is 18.0 Å². The van der Waals surface area contributed by atoms with Gasteiger partial charge in [0, 0.05) is 18.7 Å². The van der Waals surface area contributed by atoms with Crippen LogP contribution < -0.4 is 0 Å². The van der Waals surface area contributed by atoms with Gasteiger partial charge < -0.3 is 0 Å². The summed E-state index contributed by atoms with van der Waals surface area (Å²) in [5.74, 6) is 0. The van der Waals surface area contributed by atoms with Gasteiger partial charge in [-0.25, -0.2) is 0 Å². The van der Waals surface area contributed by atoms with Gasteiger partial charge in [0.15, 0.2) is 0 Å². The average Bonchev–Trinajstić information content (AvgIpc) is 2.88. The van der Waals surface area contributed by atoms with E-state index in [0.717, 1.165) is 25.0 Å². The average molecular weight is 217 g/mol. The molecule has 86 valence electrons. The van der Waals surface area contributed by atoms with Crippen LogP contribution in [0.3, 0.4) is 0 Å². The minimum Gasteiger partial charge on any atom is -0.270 e. The molecule has 0 amide bonds. The van der Waals surface area contributed by atoms with Gasteiger partial charge in [0.05, 0.1) is 17.2 Å². The number of hydrogen-bond donors (Lipinski definition) is 0. The summed E-state index contributed by atoms with van der Waals surface area (Å²) >= 11 is 0. The van der Waals surface area contributed by atoms with Crippen molar-refractivity contribution in [2.45, 2.75) is 52.0 Å². The summed E-state index contributed by atoms with van der Waals surface area (Å²) in [4.78, 5) is 0. The van der Waals surface area contributed by atoms with Crippen molar-refractivity contribution < 1.29 is 0 Å². The fourth-order valence-electron chi connectivity index (χ4n) is 2.49. The Hall–Kier alpha value is -1.30. The lowest BCUT2D eigenvalue weighted by atomic mass is 9.83. The molecule has 0 saturated heterocycles. The Bertz CT molecular complexity index is 392. The molecule has 1 aromatic heterocycles. The van der Waals surface area contributed by atoms with Crippen molar-refractivity contribution in [1.82, 2.24) is 9.78 Å². The summed E-state index contributed by atoms with van der Waals surface area (Å²) in [7, 11) is 0. The van der Waals surface area contributed by atoms with E-state index in [1.807, 2.05) is 10.9 Å². The molecule has 0 spiro atoms. The molecule has 0 radical (unpaired) electrons. The van der Waals surface area contributed by atoms with E-state index < -0.39 is 0 Å². The van der Waals surface area contributed by atoms with E-state index in [-0.39, 0.29) is 5.41 Å². The van der Waals surface area contributed by atoms with E-state index in [2.05, 4.69) is 31.1 Å². The van der Waals surface area contributed by atoms with Gasteiger partial charge in [0.1, 0.15) is 0 Å². The standard InChI is InChI=1S/C13H19N3/c1-11(2)16-8-5-12(15-16)9-13(10-14)6-3-4-7-13/h5,8,11H,3-4,6-7,9H2,1-2H3. The normalized spacial score (nSPS) is 18.9. The third-order valence-corrected chi connectivity index (χ3v) is 3.51. The van der Waals surface area contributed by atoms with E-state index in [1.165, 1.54) is 12.8 Å². The highest BCUT2D eigenvalue weighted by Crippen LogP contribution is 2.39. The van der Waals surface area contributed by atoms with Crippen LogP contribution in [-0.2, 0) is 6.42 Å². The summed E-state index contributed by atoms with van der Waals surface area (Å²) in [6, 6.07) is 4.97.